The van der Waals surface area contributed by atoms with Gasteiger partial charge in [-0.3, -0.25) is 9.59 Å². The molecule has 1 amide bonds. The molecule has 0 unspecified atom stereocenters. The molecular formula is C18H15N5O2. The second kappa shape index (κ2) is 6.20. The molecule has 4 aromatic rings. The standard InChI is InChI=1S/C18H15N5O2/c24-17(19-10-12-11-23-8-4-3-7-16(23)20-12)9-15-13-5-1-2-6-14(13)18(25)22-21-15/h1-8,11H,9-10H2,(H,19,24)(H,22,25). The Bertz CT molecular complexity index is 1100. The highest BCUT2D eigenvalue weighted by atomic mass is 16.1. The molecule has 0 aliphatic heterocycles. The molecule has 25 heavy (non-hydrogen) atoms. The van der Waals surface area contributed by atoms with Crippen molar-refractivity contribution in [3.8, 4) is 0 Å². The predicted molar refractivity (Wildman–Crippen MR) is 93.1 cm³/mol. The van der Waals surface area contributed by atoms with Crippen molar-refractivity contribution in [2.24, 2.45) is 0 Å². The number of pyridine rings is 1. The van der Waals surface area contributed by atoms with Gasteiger partial charge < -0.3 is 9.72 Å². The van der Waals surface area contributed by atoms with Gasteiger partial charge in [-0.15, -0.1) is 0 Å². The van der Waals surface area contributed by atoms with Crippen molar-refractivity contribution in [1.82, 2.24) is 24.9 Å². The van der Waals surface area contributed by atoms with Crippen molar-refractivity contribution in [2.75, 3.05) is 0 Å². The summed E-state index contributed by atoms with van der Waals surface area (Å²) >= 11 is 0. The average Bonchev–Trinajstić information content (AvgIpc) is 3.06. The molecule has 0 aliphatic carbocycles. The van der Waals surface area contributed by atoms with E-state index in [2.05, 4.69) is 20.5 Å². The zero-order chi connectivity index (χ0) is 17.2. The van der Waals surface area contributed by atoms with Crippen molar-refractivity contribution in [3.63, 3.8) is 0 Å². The molecule has 0 aliphatic rings. The maximum atomic E-state index is 12.3. The van der Waals surface area contributed by atoms with Crippen molar-refractivity contribution >= 4 is 22.3 Å². The van der Waals surface area contributed by atoms with Gasteiger partial charge in [0, 0.05) is 17.8 Å². The number of imidazole rings is 1. The van der Waals surface area contributed by atoms with Crippen LogP contribution in [0.5, 0.6) is 0 Å². The van der Waals surface area contributed by atoms with E-state index < -0.39 is 0 Å². The summed E-state index contributed by atoms with van der Waals surface area (Å²) in [6.45, 7) is 0.335. The molecule has 0 saturated carbocycles. The highest BCUT2D eigenvalue weighted by molar-refractivity contribution is 5.88. The zero-order valence-corrected chi connectivity index (χ0v) is 13.3. The van der Waals surface area contributed by atoms with Gasteiger partial charge in [0.05, 0.1) is 29.7 Å². The van der Waals surface area contributed by atoms with Gasteiger partial charge >= 0.3 is 0 Å². The summed E-state index contributed by atoms with van der Waals surface area (Å²) in [6, 6.07) is 12.9. The Labute approximate surface area is 142 Å². The van der Waals surface area contributed by atoms with Crippen LogP contribution in [0.3, 0.4) is 0 Å². The molecule has 3 heterocycles. The largest absolute Gasteiger partial charge is 0.350 e. The minimum absolute atomic E-state index is 0.0880. The van der Waals surface area contributed by atoms with E-state index in [9.17, 15) is 9.59 Å². The van der Waals surface area contributed by atoms with E-state index in [-0.39, 0.29) is 17.9 Å². The molecule has 0 bridgehead atoms. The van der Waals surface area contributed by atoms with E-state index >= 15 is 0 Å². The van der Waals surface area contributed by atoms with Crippen LogP contribution in [0.25, 0.3) is 16.4 Å². The van der Waals surface area contributed by atoms with Gasteiger partial charge in [-0.2, -0.15) is 5.10 Å². The Kier molecular flexibility index (Phi) is 3.74. The molecule has 1 aromatic carbocycles. The molecular weight excluding hydrogens is 318 g/mol. The van der Waals surface area contributed by atoms with Crippen LogP contribution in [-0.4, -0.2) is 25.5 Å². The SMILES string of the molecule is O=C(Cc1n[nH]c(=O)c2ccccc12)NCc1cn2ccccc2n1. The fourth-order valence-corrected chi connectivity index (χ4v) is 2.78. The van der Waals surface area contributed by atoms with Crippen LogP contribution >= 0.6 is 0 Å². The molecule has 124 valence electrons. The van der Waals surface area contributed by atoms with Crippen LogP contribution in [0.15, 0.2) is 59.7 Å². The summed E-state index contributed by atoms with van der Waals surface area (Å²) in [4.78, 5) is 28.5. The van der Waals surface area contributed by atoms with Crippen molar-refractivity contribution in [1.29, 1.82) is 0 Å². The number of nitrogens with one attached hydrogen (secondary N) is 2. The van der Waals surface area contributed by atoms with Crippen LogP contribution in [0.1, 0.15) is 11.4 Å². The molecule has 7 heteroatoms. The number of hydrogen-bond acceptors (Lipinski definition) is 4. The quantitative estimate of drug-likeness (QED) is 0.591. The Morgan fingerprint density at radius 2 is 1.92 bits per heavy atom. The van der Waals surface area contributed by atoms with Gasteiger partial charge in [0.15, 0.2) is 0 Å². The number of carbonyl (C=O) groups excluding carboxylic acids is 1. The number of amides is 1. The summed E-state index contributed by atoms with van der Waals surface area (Å²) in [5.41, 5.74) is 1.89. The number of carbonyl (C=O) groups is 1. The number of H-pyrrole nitrogens is 1. The lowest BCUT2D eigenvalue weighted by molar-refractivity contribution is -0.120. The maximum Gasteiger partial charge on any atom is 0.272 e. The van der Waals surface area contributed by atoms with Crippen molar-refractivity contribution in [2.45, 2.75) is 13.0 Å². The zero-order valence-electron chi connectivity index (χ0n) is 13.3. The van der Waals surface area contributed by atoms with Gasteiger partial charge in [-0.25, -0.2) is 10.1 Å². The smallest absolute Gasteiger partial charge is 0.272 e. The van der Waals surface area contributed by atoms with Gasteiger partial charge in [0.2, 0.25) is 5.91 Å². The second-order valence-corrected chi connectivity index (χ2v) is 5.70. The fraction of sp³-hybridized carbons (Fsp3) is 0.111. The van der Waals surface area contributed by atoms with Crippen LogP contribution in [0.4, 0.5) is 0 Å². The highest BCUT2D eigenvalue weighted by Crippen LogP contribution is 2.12. The first kappa shape index (κ1) is 15.1. The van der Waals surface area contributed by atoms with Crippen LogP contribution < -0.4 is 10.9 Å². The Morgan fingerprint density at radius 1 is 1.12 bits per heavy atom. The van der Waals surface area contributed by atoms with Crippen LogP contribution in [0.2, 0.25) is 0 Å². The van der Waals surface area contributed by atoms with Crippen molar-refractivity contribution < 1.29 is 4.79 Å². The lowest BCUT2D eigenvalue weighted by Crippen LogP contribution is -2.26. The molecule has 7 nitrogen and oxygen atoms in total. The molecule has 0 spiro atoms. The number of hydrogen-bond donors (Lipinski definition) is 2. The number of fused-ring (bicyclic) bond motifs is 2. The molecule has 0 fully saturated rings. The lowest BCUT2D eigenvalue weighted by atomic mass is 10.1. The number of benzene rings is 1. The number of nitrogens with zero attached hydrogens (tertiary/aromatic N) is 3. The lowest BCUT2D eigenvalue weighted by Gasteiger charge is -2.05. The summed E-state index contributed by atoms with van der Waals surface area (Å²) in [5, 5.41) is 10.5. The van der Waals surface area contributed by atoms with E-state index in [1.165, 1.54) is 0 Å². The second-order valence-electron chi connectivity index (χ2n) is 5.70. The Morgan fingerprint density at radius 3 is 2.76 bits per heavy atom. The van der Waals surface area contributed by atoms with E-state index in [1.54, 1.807) is 18.2 Å². The Hall–Kier alpha value is -3.48. The minimum Gasteiger partial charge on any atom is -0.350 e. The highest BCUT2D eigenvalue weighted by Gasteiger charge is 2.11. The summed E-state index contributed by atoms with van der Waals surface area (Å²) in [5.74, 6) is -0.179. The topological polar surface area (TPSA) is 92.1 Å². The van der Waals surface area contributed by atoms with E-state index in [0.717, 1.165) is 11.3 Å². The van der Waals surface area contributed by atoms with Gasteiger partial charge in [-0.05, 0) is 18.2 Å². The first-order chi connectivity index (χ1) is 12.2. The third-order valence-corrected chi connectivity index (χ3v) is 3.98. The monoisotopic (exact) mass is 333 g/mol. The third kappa shape index (κ3) is 2.99. The fourth-order valence-electron chi connectivity index (χ4n) is 2.78. The normalized spacial score (nSPS) is 11.0. The van der Waals surface area contributed by atoms with Gasteiger partial charge in [-0.1, -0.05) is 24.3 Å². The maximum absolute atomic E-state index is 12.3. The minimum atomic E-state index is -0.260. The number of aromatic amines is 1. The van der Waals surface area contributed by atoms with Gasteiger partial charge in [0.1, 0.15) is 5.65 Å². The molecule has 2 N–H and O–H groups in total. The summed E-state index contributed by atoms with van der Waals surface area (Å²) in [6.07, 6.45) is 3.87. The molecule has 3 aromatic heterocycles. The summed E-state index contributed by atoms with van der Waals surface area (Å²) in [7, 11) is 0. The van der Waals surface area contributed by atoms with Crippen LogP contribution in [-0.2, 0) is 17.8 Å². The first-order valence-electron chi connectivity index (χ1n) is 7.86. The average molecular weight is 333 g/mol. The first-order valence-corrected chi connectivity index (χ1v) is 7.86. The van der Waals surface area contributed by atoms with Gasteiger partial charge in [0.25, 0.3) is 5.56 Å². The number of aromatic nitrogens is 4. The predicted octanol–water partition coefficient (Wildman–Crippen LogP) is 1.43. The van der Waals surface area contributed by atoms with E-state index in [4.69, 9.17) is 0 Å². The molecule has 0 saturated heterocycles. The molecule has 4 rings (SSSR count). The number of rotatable bonds is 4. The Balaban J connectivity index is 1.49. The van der Waals surface area contributed by atoms with E-state index in [1.807, 2.05) is 41.1 Å². The third-order valence-electron chi connectivity index (χ3n) is 3.98. The van der Waals surface area contributed by atoms with Crippen molar-refractivity contribution in [3.05, 3.63) is 76.6 Å². The summed E-state index contributed by atoms with van der Waals surface area (Å²) < 4.78 is 1.90. The molecule has 0 atom stereocenters. The van der Waals surface area contributed by atoms with Crippen LogP contribution in [0, 0.1) is 0 Å². The van der Waals surface area contributed by atoms with E-state index in [0.29, 0.717) is 23.0 Å². The molecule has 0 radical (unpaired) electrons.